The van der Waals surface area contributed by atoms with Crippen molar-refractivity contribution in [1.29, 1.82) is 0 Å². The summed E-state index contributed by atoms with van der Waals surface area (Å²) in [7, 11) is 0. The Bertz CT molecular complexity index is 589. The number of halogens is 3. The molecule has 0 aliphatic rings. The topological polar surface area (TPSA) is 61.0 Å². The first kappa shape index (κ1) is 13.0. The van der Waals surface area contributed by atoms with Gasteiger partial charge in [-0.2, -0.15) is 4.98 Å². The van der Waals surface area contributed by atoms with Crippen LogP contribution in [0.2, 0.25) is 5.02 Å². The predicted octanol–water partition coefficient (Wildman–Crippen LogP) is 3.71. The largest absolute Gasteiger partial charge is 0.438 e. The molecule has 1 heterocycles. The van der Waals surface area contributed by atoms with E-state index in [-0.39, 0.29) is 22.6 Å². The van der Waals surface area contributed by atoms with Crippen LogP contribution in [0.3, 0.4) is 0 Å². The summed E-state index contributed by atoms with van der Waals surface area (Å²) in [6.07, 6.45) is 0. The van der Waals surface area contributed by atoms with E-state index in [2.05, 4.69) is 25.9 Å². The van der Waals surface area contributed by atoms with Crippen LogP contribution < -0.4 is 10.5 Å². The van der Waals surface area contributed by atoms with Gasteiger partial charge in [-0.05, 0) is 28.9 Å². The number of hydrogen-bond donors (Lipinski definition) is 1. The number of anilines is 1. The van der Waals surface area contributed by atoms with E-state index in [1.165, 1.54) is 12.1 Å². The van der Waals surface area contributed by atoms with E-state index in [1.807, 2.05) is 0 Å². The Kier molecular flexibility index (Phi) is 3.68. The van der Waals surface area contributed by atoms with Crippen molar-refractivity contribution < 1.29 is 9.13 Å². The Morgan fingerprint density at radius 3 is 2.72 bits per heavy atom. The first-order chi connectivity index (χ1) is 8.45. The van der Waals surface area contributed by atoms with Crippen molar-refractivity contribution in [3.63, 3.8) is 0 Å². The molecular formula is C11H8BrClFN3O. The number of aromatic nitrogens is 2. The SMILES string of the molecule is Cc1cc(Oc2cc(F)c(Cl)cc2Br)nc(N)n1. The van der Waals surface area contributed by atoms with E-state index in [0.29, 0.717) is 10.2 Å². The number of aryl methyl sites for hydroxylation is 1. The van der Waals surface area contributed by atoms with Gasteiger partial charge < -0.3 is 10.5 Å². The molecule has 0 aliphatic carbocycles. The normalized spacial score (nSPS) is 10.4. The minimum Gasteiger partial charge on any atom is -0.438 e. The van der Waals surface area contributed by atoms with Crippen LogP contribution in [0.1, 0.15) is 5.69 Å². The predicted molar refractivity (Wildman–Crippen MR) is 70.4 cm³/mol. The monoisotopic (exact) mass is 331 g/mol. The van der Waals surface area contributed by atoms with Crippen LogP contribution in [0.5, 0.6) is 11.6 Å². The molecule has 7 heteroatoms. The number of ether oxygens (including phenoxy) is 1. The van der Waals surface area contributed by atoms with Crippen LogP contribution in [-0.2, 0) is 0 Å². The van der Waals surface area contributed by atoms with Gasteiger partial charge in [0, 0.05) is 17.8 Å². The van der Waals surface area contributed by atoms with Crippen molar-refractivity contribution in [2.75, 3.05) is 5.73 Å². The van der Waals surface area contributed by atoms with Crippen LogP contribution in [0, 0.1) is 12.7 Å². The Morgan fingerprint density at radius 2 is 2.06 bits per heavy atom. The van der Waals surface area contributed by atoms with Crippen molar-refractivity contribution in [3.8, 4) is 11.6 Å². The lowest BCUT2D eigenvalue weighted by atomic mass is 10.3. The molecule has 0 saturated carbocycles. The van der Waals surface area contributed by atoms with E-state index in [0.717, 1.165) is 0 Å². The molecule has 0 amide bonds. The minimum absolute atomic E-state index is 0.00704. The van der Waals surface area contributed by atoms with E-state index in [1.54, 1.807) is 13.0 Å². The fraction of sp³-hybridized carbons (Fsp3) is 0.0909. The summed E-state index contributed by atoms with van der Waals surface area (Å²) in [5.74, 6) is 0.0148. The first-order valence-corrected chi connectivity index (χ1v) is 6.06. The smallest absolute Gasteiger partial charge is 0.224 e. The highest BCUT2D eigenvalue weighted by atomic mass is 79.9. The number of nitrogens with two attached hydrogens (primary N) is 1. The van der Waals surface area contributed by atoms with Gasteiger partial charge in [0.25, 0.3) is 0 Å². The number of hydrogen-bond acceptors (Lipinski definition) is 4. The maximum atomic E-state index is 13.3. The molecule has 0 radical (unpaired) electrons. The third-order valence-corrected chi connectivity index (χ3v) is 2.95. The van der Waals surface area contributed by atoms with Gasteiger partial charge in [0.1, 0.15) is 11.6 Å². The van der Waals surface area contributed by atoms with Gasteiger partial charge in [-0.3, -0.25) is 0 Å². The Hall–Kier alpha value is -1.40. The molecule has 2 aromatic rings. The molecule has 0 bridgehead atoms. The van der Waals surface area contributed by atoms with Crippen LogP contribution in [0.25, 0.3) is 0 Å². The number of benzene rings is 1. The summed E-state index contributed by atoms with van der Waals surface area (Å²) >= 11 is 8.86. The van der Waals surface area contributed by atoms with E-state index >= 15 is 0 Å². The molecule has 1 aromatic carbocycles. The summed E-state index contributed by atoms with van der Waals surface area (Å²) in [6.45, 7) is 1.75. The van der Waals surface area contributed by atoms with Crippen LogP contribution in [0.4, 0.5) is 10.3 Å². The average molecular weight is 333 g/mol. The van der Waals surface area contributed by atoms with Crippen molar-refractivity contribution in [3.05, 3.63) is 39.2 Å². The van der Waals surface area contributed by atoms with Crippen LogP contribution in [0.15, 0.2) is 22.7 Å². The Morgan fingerprint density at radius 1 is 1.33 bits per heavy atom. The quantitative estimate of drug-likeness (QED) is 0.852. The zero-order valence-corrected chi connectivity index (χ0v) is 11.6. The molecule has 0 spiro atoms. The van der Waals surface area contributed by atoms with Crippen molar-refractivity contribution in [2.24, 2.45) is 0 Å². The Balaban J connectivity index is 2.36. The lowest BCUT2D eigenvalue weighted by molar-refractivity contribution is 0.454. The maximum Gasteiger partial charge on any atom is 0.224 e. The standard InChI is InChI=1S/C11H8BrClFN3O/c1-5-2-10(17-11(15)16-5)18-9-4-8(14)7(13)3-6(9)12/h2-4H,1H3,(H2,15,16,17). The second kappa shape index (κ2) is 5.07. The van der Waals surface area contributed by atoms with Gasteiger partial charge in [-0.1, -0.05) is 11.6 Å². The van der Waals surface area contributed by atoms with Gasteiger partial charge in [-0.25, -0.2) is 9.37 Å². The van der Waals surface area contributed by atoms with E-state index in [9.17, 15) is 4.39 Å². The van der Waals surface area contributed by atoms with Gasteiger partial charge >= 0.3 is 0 Å². The minimum atomic E-state index is -0.575. The molecule has 0 fully saturated rings. The second-order valence-electron chi connectivity index (χ2n) is 3.50. The number of rotatable bonds is 2. The van der Waals surface area contributed by atoms with Crippen LogP contribution in [-0.4, -0.2) is 9.97 Å². The van der Waals surface area contributed by atoms with E-state index in [4.69, 9.17) is 22.1 Å². The first-order valence-electron chi connectivity index (χ1n) is 4.89. The summed E-state index contributed by atoms with van der Waals surface area (Å²) in [4.78, 5) is 7.80. The maximum absolute atomic E-state index is 13.3. The van der Waals surface area contributed by atoms with Gasteiger partial charge in [-0.15, -0.1) is 0 Å². The van der Waals surface area contributed by atoms with Crippen molar-refractivity contribution in [1.82, 2.24) is 9.97 Å². The third kappa shape index (κ3) is 2.88. The molecule has 2 N–H and O–H groups in total. The average Bonchev–Trinajstić information content (AvgIpc) is 2.24. The molecule has 94 valence electrons. The second-order valence-corrected chi connectivity index (χ2v) is 4.77. The summed E-state index contributed by atoms with van der Waals surface area (Å²) in [5.41, 5.74) is 6.15. The summed E-state index contributed by atoms with van der Waals surface area (Å²) in [6, 6.07) is 4.17. The highest BCUT2D eigenvalue weighted by Gasteiger charge is 2.10. The zero-order valence-electron chi connectivity index (χ0n) is 9.25. The molecular weight excluding hydrogens is 324 g/mol. The molecule has 1 aromatic heterocycles. The van der Waals surface area contributed by atoms with Crippen molar-refractivity contribution >= 4 is 33.5 Å². The lowest BCUT2D eigenvalue weighted by Gasteiger charge is -2.08. The van der Waals surface area contributed by atoms with E-state index < -0.39 is 5.82 Å². The Labute approximate surface area is 116 Å². The summed E-state index contributed by atoms with van der Waals surface area (Å²) in [5, 5.41) is 0.00704. The molecule has 0 atom stereocenters. The van der Waals surface area contributed by atoms with Gasteiger partial charge in [0.2, 0.25) is 11.8 Å². The van der Waals surface area contributed by atoms with Crippen LogP contribution >= 0.6 is 27.5 Å². The number of nitrogens with zero attached hydrogens (tertiary/aromatic N) is 2. The molecule has 4 nitrogen and oxygen atoms in total. The fourth-order valence-electron chi connectivity index (χ4n) is 1.31. The number of nitrogen functional groups attached to an aromatic ring is 1. The van der Waals surface area contributed by atoms with Gasteiger partial charge in [0.05, 0.1) is 9.50 Å². The molecule has 0 aliphatic heterocycles. The lowest BCUT2D eigenvalue weighted by Crippen LogP contribution is -1.99. The fourth-order valence-corrected chi connectivity index (χ4v) is 2.03. The summed E-state index contributed by atoms with van der Waals surface area (Å²) < 4.78 is 19.3. The highest BCUT2D eigenvalue weighted by Crippen LogP contribution is 2.33. The molecule has 0 unspecified atom stereocenters. The third-order valence-electron chi connectivity index (χ3n) is 2.04. The van der Waals surface area contributed by atoms with Crippen molar-refractivity contribution in [2.45, 2.75) is 6.92 Å². The molecule has 0 saturated heterocycles. The molecule has 18 heavy (non-hydrogen) atoms. The zero-order chi connectivity index (χ0) is 13.3. The molecule has 2 rings (SSSR count). The van der Waals surface area contributed by atoms with Gasteiger partial charge in [0.15, 0.2) is 0 Å². The highest BCUT2D eigenvalue weighted by molar-refractivity contribution is 9.10.